The van der Waals surface area contributed by atoms with Gasteiger partial charge >= 0.3 is 5.97 Å². The van der Waals surface area contributed by atoms with Crippen molar-refractivity contribution in [3.05, 3.63) is 0 Å². The summed E-state index contributed by atoms with van der Waals surface area (Å²) in [4.78, 5) is 22.6. The first-order valence-corrected chi connectivity index (χ1v) is 5.76. The molecule has 0 radical (unpaired) electrons. The van der Waals surface area contributed by atoms with Gasteiger partial charge in [-0.25, -0.2) is 8.78 Å². The lowest BCUT2D eigenvalue weighted by Gasteiger charge is -2.18. The fraction of sp³-hybridized carbons (Fsp3) is 0.818. The SMILES string of the molecule is CC1CC(C(=O)O)C(C(=O)NCC(F)(F)CO)C1. The second-order valence-corrected chi connectivity index (χ2v) is 4.86. The summed E-state index contributed by atoms with van der Waals surface area (Å²) < 4.78 is 25.5. The highest BCUT2D eigenvalue weighted by Gasteiger charge is 2.41. The van der Waals surface area contributed by atoms with E-state index in [0.717, 1.165) is 0 Å². The van der Waals surface area contributed by atoms with Crippen LogP contribution in [0.4, 0.5) is 8.78 Å². The third-order valence-corrected chi connectivity index (χ3v) is 3.20. The topological polar surface area (TPSA) is 86.6 Å². The summed E-state index contributed by atoms with van der Waals surface area (Å²) in [5, 5.41) is 19.3. The smallest absolute Gasteiger partial charge is 0.307 e. The Morgan fingerprint density at radius 3 is 2.39 bits per heavy atom. The molecule has 1 amide bonds. The van der Waals surface area contributed by atoms with Crippen molar-refractivity contribution in [2.24, 2.45) is 17.8 Å². The molecule has 5 nitrogen and oxygen atoms in total. The van der Waals surface area contributed by atoms with Gasteiger partial charge in [-0.15, -0.1) is 0 Å². The first-order chi connectivity index (χ1) is 8.26. The molecule has 0 bridgehead atoms. The lowest BCUT2D eigenvalue weighted by molar-refractivity contribution is -0.146. The van der Waals surface area contributed by atoms with Crippen molar-refractivity contribution >= 4 is 11.9 Å². The van der Waals surface area contributed by atoms with Gasteiger partial charge in [-0.05, 0) is 18.8 Å². The quantitative estimate of drug-likeness (QED) is 0.674. The Morgan fingerprint density at radius 1 is 1.33 bits per heavy atom. The molecule has 3 unspecified atom stereocenters. The van der Waals surface area contributed by atoms with E-state index in [1.54, 1.807) is 0 Å². The number of hydrogen-bond donors (Lipinski definition) is 3. The minimum atomic E-state index is -3.38. The van der Waals surface area contributed by atoms with Crippen LogP contribution in [0, 0.1) is 17.8 Å². The number of aliphatic carboxylic acids is 1. The number of halogens is 2. The largest absolute Gasteiger partial charge is 0.481 e. The molecule has 1 aliphatic carbocycles. The van der Waals surface area contributed by atoms with Crippen LogP contribution >= 0.6 is 0 Å². The molecule has 18 heavy (non-hydrogen) atoms. The molecule has 0 heterocycles. The van der Waals surface area contributed by atoms with E-state index in [2.05, 4.69) is 0 Å². The van der Waals surface area contributed by atoms with Gasteiger partial charge in [0.1, 0.15) is 6.61 Å². The van der Waals surface area contributed by atoms with E-state index >= 15 is 0 Å². The Bertz CT molecular complexity index is 335. The van der Waals surface area contributed by atoms with E-state index < -0.39 is 42.8 Å². The molecule has 3 atom stereocenters. The lowest BCUT2D eigenvalue weighted by atomic mass is 9.95. The molecule has 1 aliphatic rings. The monoisotopic (exact) mass is 265 g/mol. The van der Waals surface area contributed by atoms with Crippen LogP contribution in [0.3, 0.4) is 0 Å². The highest BCUT2D eigenvalue weighted by molar-refractivity contribution is 5.85. The number of aliphatic hydroxyl groups is 1. The Balaban J connectivity index is 2.58. The third kappa shape index (κ3) is 3.63. The molecule has 1 fully saturated rings. The summed E-state index contributed by atoms with van der Waals surface area (Å²) in [5.74, 6) is -6.64. The molecule has 0 aliphatic heterocycles. The Kier molecular flexibility index (Phi) is 4.61. The molecule has 1 saturated carbocycles. The third-order valence-electron chi connectivity index (χ3n) is 3.20. The number of carbonyl (C=O) groups excluding carboxylic acids is 1. The summed E-state index contributed by atoms with van der Waals surface area (Å²) in [7, 11) is 0. The molecule has 0 aromatic carbocycles. The molecule has 3 N–H and O–H groups in total. The number of hydrogen-bond acceptors (Lipinski definition) is 3. The van der Waals surface area contributed by atoms with Crippen molar-refractivity contribution in [3.8, 4) is 0 Å². The fourth-order valence-corrected chi connectivity index (χ4v) is 2.26. The molecular formula is C11H17F2NO4. The summed E-state index contributed by atoms with van der Waals surface area (Å²) >= 11 is 0. The van der Waals surface area contributed by atoms with E-state index in [1.165, 1.54) is 0 Å². The second kappa shape index (κ2) is 5.60. The summed E-state index contributed by atoms with van der Waals surface area (Å²) in [6.45, 7) is -0.498. The van der Waals surface area contributed by atoms with E-state index in [4.69, 9.17) is 10.2 Å². The highest BCUT2D eigenvalue weighted by atomic mass is 19.3. The lowest BCUT2D eigenvalue weighted by Crippen LogP contribution is -2.43. The molecule has 0 aromatic heterocycles. The van der Waals surface area contributed by atoms with E-state index in [9.17, 15) is 18.4 Å². The Morgan fingerprint density at radius 2 is 1.89 bits per heavy atom. The average molecular weight is 265 g/mol. The number of nitrogens with one attached hydrogen (secondary N) is 1. The summed E-state index contributed by atoms with van der Waals surface area (Å²) in [5.41, 5.74) is 0. The van der Waals surface area contributed by atoms with Crippen LogP contribution < -0.4 is 5.32 Å². The van der Waals surface area contributed by atoms with E-state index in [-0.39, 0.29) is 5.92 Å². The minimum Gasteiger partial charge on any atom is -0.481 e. The zero-order valence-corrected chi connectivity index (χ0v) is 10.0. The van der Waals surface area contributed by atoms with Gasteiger partial charge in [-0.1, -0.05) is 6.92 Å². The Labute approximate surface area is 103 Å². The zero-order chi connectivity index (χ0) is 13.9. The number of carboxylic acids is 1. The van der Waals surface area contributed by atoms with Gasteiger partial charge in [0.2, 0.25) is 5.91 Å². The van der Waals surface area contributed by atoms with Gasteiger partial charge in [-0.3, -0.25) is 9.59 Å². The van der Waals surface area contributed by atoms with Crippen molar-refractivity contribution in [3.63, 3.8) is 0 Å². The van der Waals surface area contributed by atoms with Crippen LogP contribution in [0.5, 0.6) is 0 Å². The van der Waals surface area contributed by atoms with Crippen molar-refractivity contribution in [1.29, 1.82) is 0 Å². The first kappa shape index (κ1) is 14.8. The molecule has 0 saturated heterocycles. The summed E-state index contributed by atoms with van der Waals surface area (Å²) in [6, 6.07) is 0. The molecule has 1 rings (SSSR count). The van der Waals surface area contributed by atoms with Crippen molar-refractivity contribution in [2.75, 3.05) is 13.2 Å². The van der Waals surface area contributed by atoms with E-state index in [0.29, 0.717) is 12.8 Å². The maximum absolute atomic E-state index is 12.8. The highest BCUT2D eigenvalue weighted by Crippen LogP contribution is 2.36. The molecule has 104 valence electrons. The Hall–Kier alpha value is -1.24. The van der Waals surface area contributed by atoms with Crippen LogP contribution in [-0.2, 0) is 9.59 Å². The maximum Gasteiger partial charge on any atom is 0.307 e. The number of rotatable bonds is 5. The van der Waals surface area contributed by atoms with Gasteiger partial charge in [0, 0.05) is 0 Å². The number of alkyl halides is 2. The van der Waals surface area contributed by atoms with Crippen molar-refractivity contribution in [1.82, 2.24) is 5.32 Å². The van der Waals surface area contributed by atoms with Gasteiger partial charge in [0.05, 0.1) is 18.4 Å². The molecule has 0 aromatic rings. The van der Waals surface area contributed by atoms with Crippen LogP contribution in [0.15, 0.2) is 0 Å². The fourth-order valence-electron chi connectivity index (χ4n) is 2.26. The number of carbonyl (C=O) groups is 2. The van der Waals surface area contributed by atoms with E-state index in [1.807, 2.05) is 12.2 Å². The van der Waals surface area contributed by atoms with Crippen molar-refractivity contribution in [2.45, 2.75) is 25.7 Å². The van der Waals surface area contributed by atoms with Gasteiger partial charge in [-0.2, -0.15) is 0 Å². The van der Waals surface area contributed by atoms with Crippen LogP contribution in [-0.4, -0.2) is 41.2 Å². The number of aliphatic hydroxyl groups excluding tert-OH is 1. The second-order valence-electron chi connectivity index (χ2n) is 4.86. The number of amides is 1. The van der Waals surface area contributed by atoms with Gasteiger partial charge < -0.3 is 15.5 Å². The zero-order valence-electron chi connectivity index (χ0n) is 10.0. The summed E-state index contributed by atoms with van der Waals surface area (Å²) in [6.07, 6.45) is 0.761. The minimum absolute atomic E-state index is 0.0835. The first-order valence-electron chi connectivity index (χ1n) is 5.76. The standard InChI is InChI=1S/C11H17F2NO4/c1-6-2-7(8(3-6)10(17)18)9(16)14-4-11(12,13)5-15/h6-8,15H,2-5H2,1H3,(H,14,16)(H,17,18). The maximum atomic E-state index is 12.8. The number of carboxylic acid groups (broad SMARTS) is 1. The molecule has 7 heteroatoms. The molecular weight excluding hydrogens is 248 g/mol. The predicted molar refractivity (Wildman–Crippen MR) is 58.1 cm³/mol. The van der Waals surface area contributed by atoms with Gasteiger partial charge in [0.25, 0.3) is 5.92 Å². The average Bonchev–Trinajstić information content (AvgIpc) is 2.68. The van der Waals surface area contributed by atoms with Crippen LogP contribution in [0.25, 0.3) is 0 Å². The molecule has 0 spiro atoms. The van der Waals surface area contributed by atoms with Gasteiger partial charge in [0.15, 0.2) is 0 Å². The normalized spacial score (nSPS) is 28.1. The van der Waals surface area contributed by atoms with Crippen molar-refractivity contribution < 1.29 is 28.6 Å². The van der Waals surface area contributed by atoms with Crippen LogP contribution in [0.2, 0.25) is 0 Å². The van der Waals surface area contributed by atoms with Crippen LogP contribution in [0.1, 0.15) is 19.8 Å². The predicted octanol–water partition coefficient (Wildman–Crippen LogP) is 0.477.